The largest absolute Gasteiger partial charge is 0.496 e. The number of nitriles is 1. The minimum Gasteiger partial charge on any atom is -0.496 e. The molecular weight excluding hydrogens is 188 g/mol. The van der Waals surface area contributed by atoms with Gasteiger partial charge in [0, 0.05) is 0 Å². The molecule has 1 aromatic carbocycles. The van der Waals surface area contributed by atoms with Crippen molar-refractivity contribution < 1.29 is 13.5 Å². The van der Waals surface area contributed by atoms with Gasteiger partial charge in [0.05, 0.1) is 12.7 Å². The average Bonchev–Trinajstić information content (AvgIpc) is 2.18. The molecule has 0 aliphatic heterocycles. The predicted octanol–water partition coefficient (Wildman–Crippen LogP) is 2.62. The number of alkyl halides is 2. The number of aryl methyl sites for hydroxylation is 1. The Morgan fingerprint density at radius 3 is 2.57 bits per heavy atom. The van der Waals surface area contributed by atoms with Gasteiger partial charge in [-0.2, -0.15) is 14.0 Å². The number of ether oxygens (including phenoxy) is 1. The van der Waals surface area contributed by atoms with Crippen molar-refractivity contribution in [2.75, 3.05) is 7.11 Å². The van der Waals surface area contributed by atoms with Crippen LogP contribution in [0.5, 0.6) is 5.75 Å². The standard InChI is InChI=1S/C10H9F2NO/c1-7-3-4-9(14-2)8(5-7)10(11,12)6-13/h3-5H,1-2H3. The van der Waals surface area contributed by atoms with Gasteiger partial charge in [0.25, 0.3) is 0 Å². The van der Waals surface area contributed by atoms with E-state index in [4.69, 9.17) is 10.00 Å². The first-order valence-electron chi connectivity index (χ1n) is 3.95. The zero-order valence-corrected chi connectivity index (χ0v) is 7.84. The maximum atomic E-state index is 13.1. The topological polar surface area (TPSA) is 33.0 Å². The fraction of sp³-hybridized carbons (Fsp3) is 0.300. The average molecular weight is 197 g/mol. The molecule has 0 spiro atoms. The number of hydrogen-bond acceptors (Lipinski definition) is 2. The van der Waals surface area contributed by atoms with Crippen LogP contribution in [0.25, 0.3) is 0 Å². The van der Waals surface area contributed by atoms with Gasteiger partial charge in [-0.15, -0.1) is 0 Å². The molecule has 2 nitrogen and oxygen atoms in total. The maximum Gasteiger partial charge on any atom is 0.360 e. The zero-order valence-electron chi connectivity index (χ0n) is 7.84. The Kier molecular flexibility index (Phi) is 2.70. The second kappa shape index (κ2) is 3.62. The number of rotatable bonds is 2. The molecule has 0 fully saturated rings. The van der Waals surface area contributed by atoms with E-state index in [1.54, 1.807) is 13.0 Å². The van der Waals surface area contributed by atoms with Crippen molar-refractivity contribution in [3.63, 3.8) is 0 Å². The molecule has 0 heterocycles. The van der Waals surface area contributed by atoms with Crippen molar-refractivity contribution in [1.82, 2.24) is 0 Å². The highest BCUT2D eigenvalue weighted by atomic mass is 19.3. The third-order valence-corrected chi connectivity index (χ3v) is 1.83. The van der Waals surface area contributed by atoms with Crippen LogP contribution >= 0.6 is 0 Å². The van der Waals surface area contributed by atoms with Gasteiger partial charge in [0.15, 0.2) is 0 Å². The molecule has 1 aromatic rings. The van der Waals surface area contributed by atoms with Gasteiger partial charge in [-0.1, -0.05) is 11.6 Å². The molecule has 0 aliphatic rings. The summed E-state index contributed by atoms with van der Waals surface area (Å²) < 4.78 is 30.9. The Hall–Kier alpha value is -1.63. The molecule has 14 heavy (non-hydrogen) atoms. The molecule has 0 aliphatic carbocycles. The van der Waals surface area contributed by atoms with Gasteiger partial charge >= 0.3 is 5.92 Å². The first-order chi connectivity index (χ1) is 6.51. The highest BCUT2D eigenvalue weighted by Gasteiger charge is 2.34. The summed E-state index contributed by atoms with van der Waals surface area (Å²) >= 11 is 0. The van der Waals surface area contributed by atoms with E-state index in [1.165, 1.54) is 19.2 Å². The smallest absolute Gasteiger partial charge is 0.360 e. The highest BCUT2D eigenvalue weighted by Crippen LogP contribution is 2.34. The van der Waals surface area contributed by atoms with Gasteiger partial charge < -0.3 is 4.74 Å². The summed E-state index contributed by atoms with van der Waals surface area (Å²) in [7, 11) is 1.29. The van der Waals surface area contributed by atoms with E-state index < -0.39 is 5.92 Å². The van der Waals surface area contributed by atoms with Crippen LogP contribution < -0.4 is 4.74 Å². The van der Waals surface area contributed by atoms with Crippen molar-refractivity contribution in [2.45, 2.75) is 12.8 Å². The van der Waals surface area contributed by atoms with Gasteiger partial charge in [0.1, 0.15) is 11.8 Å². The second-order valence-electron chi connectivity index (χ2n) is 2.89. The molecule has 4 heteroatoms. The van der Waals surface area contributed by atoms with Crippen LogP contribution in [-0.4, -0.2) is 7.11 Å². The molecule has 1 rings (SSSR count). The normalized spacial score (nSPS) is 10.8. The minimum atomic E-state index is -3.50. The van der Waals surface area contributed by atoms with Crippen LogP contribution in [-0.2, 0) is 5.92 Å². The molecule has 0 bridgehead atoms. The van der Waals surface area contributed by atoms with Crippen LogP contribution in [0.2, 0.25) is 0 Å². The molecule has 0 radical (unpaired) electrons. The Bertz CT molecular complexity index is 382. The number of benzene rings is 1. The van der Waals surface area contributed by atoms with E-state index in [0.717, 1.165) is 6.07 Å². The van der Waals surface area contributed by atoms with Crippen molar-refractivity contribution in [2.24, 2.45) is 0 Å². The second-order valence-corrected chi connectivity index (χ2v) is 2.89. The van der Waals surface area contributed by atoms with E-state index in [-0.39, 0.29) is 11.3 Å². The van der Waals surface area contributed by atoms with E-state index in [9.17, 15) is 8.78 Å². The molecule has 0 atom stereocenters. The Balaban J connectivity index is 3.32. The summed E-state index contributed by atoms with van der Waals surface area (Å²) in [5.74, 6) is -3.47. The summed E-state index contributed by atoms with van der Waals surface area (Å²) in [6.45, 7) is 1.68. The Morgan fingerprint density at radius 1 is 1.43 bits per heavy atom. The SMILES string of the molecule is COc1ccc(C)cc1C(F)(F)C#N. The van der Waals surface area contributed by atoms with E-state index in [0.29, 0.717) is 5.56 Å². The number of methoxy groups -OCH3 is 1. The van der Waals surface area contributed by atoms with E-state index in [1.807, 2.05) is 0 Å². The van der Waals surface area contributed by atoms with Crippen LogP contribution in [0, 0.1) is 18.3 Å². The molecule has 0 amide bonds. The minimum absolute atomic E-state index is 0.0298. The quantitative estimate of drug-likeness (QED) is 0.730. The third-order valence-electron chi connectivity index (χ3n) is 1.83. The zero-order chi connectivity index (χ0) is 10.8. The van der Waals surface area contributed by atoms with Gasteiger partial charge in [0.2, 0.25) is 0 Å². The number of halogens is 2. The lowest BCUT2D eigenvalue weighted by molar-refractivity contribution is 0.0583. The van der Waals surface area contributed by atoms with Crippen LogP contribution in [0.4, 0.5) is 8.78 Å². The fourth-order valence-electron chi connectivity index (χ4n) is 1.13. The van der Waals surface area contributed by atoms with Crippen LogP contribution in [0.3, 0.4) is 0 Å². The van der Waals surface area contributed by atoms with Crippen molar-refractivity contribution >= 4 is 0 Å². The summed E-state index contributed by atoms with van der Waals surface area (Å²) in [6, 6.07) is 5.27. The predicted molar refractivity (Wildman–Crippen MR) is 47.2 cm³/mol. The van der Waals surface area contributed by atoms with E-state index in [2.05, 4.69) is 0 Å². The van der Waals surface area contributed by atoms with Crippen molar-refractivity contribution in [3.05, 3.63) is 29.3 Å². The third kappa shape index (κ3) is 1.82. The van der Waals surface area contributed by atoms with Gasteiger partial charge in [-0.05, 0) is 19.1 Å². The fourth-order valence-corrected chi connectivity index (χ4v) is 1.13. The highest BCUT2D eigenvalue weighted by molar-refractivity contribution is 5.42. The monoisotopic (exact) mass is 197 g/mol. The molecule has 0 aromatic heterocycles. The molecule has 0 saturated carbocycles. The number of hydrogen-bond donors (Lipinski definition) is 0. The lowest BCUT2D eigenvalue weighted by atomic mass is 10.1. The lowest BCUT2D eigenvalue weighted by Crippen LogP contribution is -2.11. The summed E-state index contributed by atoms with van der Waals surface area (Å²) in [5, 5.41) is 8.30. The summed E-state index contributed by atoms with van der Waals surface area (Å²) in [4.78, 5) is 0. The molecule has 0 N–H and O–H groups in total. The Labute approximate surface area is 80.7 Å². The van der Waals surface area contributed by atoms with Crippen LogP contribution in [0.15, 0.2) is 18.2 Å². The van der Waals surface area contributed by atoms with Crippen molar-refractivity contribution in [3.8, 4) is 11.8 Å². The van der Waals surface area contributed by atoms with Crippen molar-refractivity contribution in [1.29, 1.82) is 5.26 Å². The van der Waals surface area contributed by atoms with Gasteiger partial charge in [-0.3, -0.25) is 0 Å². The lowest BCUT2D eigenvalue weighted by Gasteiger charge is -2.12. The molecule has 0 saturated heterocycles. The maximum absolute atomic E-state index is 13.1. The Morgan fingerprint density at radius 2 is 2.07 bits per heavy atom. The van der Waals surface area contributed by atoms with Gasteiger partial charge in [-0.25, -0.2) is 0 Å². The molecular formula is C10H9F2NO. The van der Waals surface area contributed by atoms with Crippen LogP contribution in [0.1, 0.15) is 11.1 Å². The van der Waals surface area contributed by atoms with E-state index >= 15 is 0 Å². The number of nitrogens with zero attached hydrogens (tertiary/aromatic N) is 1. The molecule has 0 unspecified atom stereocenters. The summed E-state index contributed by atoms with van der Waals surface area (Å²) in [5.41, 5.74) is 0.276. The first-order valence-corrected chi connectivity index (χ1v) is 3.95. The summed E-state index contributed by atoms with van der Waals surface area (Å²) in [6.07, 6.45) is 0. The molecule has 74 valence electrons. The first kappa shape index (κ1) is 10.5.